The molecule has 0 N–H and O–H groups in total. The standard InChI is InChI=1S/C34H34FN5O2/c1-24-5-8-31-32(17-24)40(23-34(11-12-34)13-14-36)33(38-31)21-39-15-9-27(10-16-39)42-29-4-2-3-28(19-29)41-22-26-7-6-25(20-37)18-30(26)35/h2-8,17-19,27H,9-13,15-16,21-23H2,1H3. The molecule has 0 bridgehead atoms. The van der Waals surface area contributed by atoms with E-state index in [2.05, 4.69) is 40.7 Å². The molecule has 2 aliphatic rings. The molecule has 7 nitrogen and oxygen atoms in total. The van der Waals surface area contributed by atoms with Gasteiger partial charge in [-0.3, -0.25) is 4.90 Å². The molecule has 1 saturated heterocycles. The highest BCUT2D eigenvalue weighted by molar-refractivity contribution is 5.77. The van der Waals surface area contributed by atoms with Gasteiger partial charge < -0.3 is 14.0 Å². The zero-order valence-corrected chi connectivity index (χ0v) is 23.9. The summed E-state index contributed by atoms with van der Waals surface area (Å²) in [6.45, 7) is 5.63. The number of fused-ring (bicyclic) bond motifs is 1. The van der Waals surface area contributed by atoms with E-state index < -0.39 is 5.82 Å². The van der Waals surface area contributed by atoms with Crippen molar-refractivity contribution in [3.8, 4) is 23.6 Å². The SMILES string of the molecule is Cc1ccc2nc(CN3CCC(Oc4cccc(OCc5ccc(C#N)cc5F)c4)CC3)n(CC3(CC#N)CC3)c2c1. The average Bonchev–Trinajstić information content (AvgIpc) is 3.68. The van der Waals surface area contributed by atoms with Crippen LogP contribution < -0.4 is 9.47 Å². The van der Waals surface area contributed by atoms with Crippen LogP contribution in [0.5, 0.6) is 11.5 Å². The molecule has 2 heterocycles. The number of rotatable bonds is 10. The second-order valence-electron chi connectivity index (χ2n) is 11.7. The van der Waals surface area contributed by atoms with E-state index in [0.717, 1.165) is 74.5 Å². The van der Waals surface area contributed by atoms with Gasteiger partial charge >= 0.3 is 0 Å². The van der Waals surface area contributed by atoms with E-state index in [-0.39, 0.29) is 23.7 Å². The van der Waals surface area contributed by atoms with Gasteiger partial charge in [-0.1, -0.05) is 18.2 Å². The molecule has 214 valence electrons. The van der Waals surface area contributed by atoms with Crippen LogP contribution in [-0.4, -0.2) is 33.6 Å². The highest BCUT2D eigenvalue weighted by atomic mass is 19.1. The normalized spacial score (nSPS) is 16.6. The molecule has 1 aliphatic carbocycles. The molecule has 1 saturated carbocycles. The molecule has 3 aromatic carbocycles. The van der Waals surface area contributed by atoms with Gasteiger partial charge in [0.2, 0.25) is 0 Å². The van der Waals surface area contributed by atoms with Crippen LogP contribution in [0.25, 0.3) is 11.0 Å². The Morgan fingerprint density at radius 1 is 1.02 bits per heavy atom. The van der Waals surface area contributed by atoms with Gasteiger partial charge in [0.1, 0.15) is 35.9 Å². The van der Waals surface area contributed by atoms with Crippen LogP contribution in [0.2, 0.25) is 0 Å². The number of likely N-dealkylation sites (tertiary alicyclic amines) is 1. The Hall–Kier alpha value is -4.40. The molecule has 0 unspecified atom stereocenters. The maximum Gasteiger partial charge on any atom is 0.131 e. The zero-order chi connectivity index (χ0) is 29.1. The van der Waals surface area contributed by atoms with Crippen molar-refractivity contribution in [2.24, 2.45) is 5.41 Å². The summed E-state index contributed by atoms with van der Waals surface area (Å²) in [6, 6.07) is 22.6. The van der Waals surface area contributed by atoms with Crippen LogP contribution in [0.3, 0.4) is 0 Å². The third-order valence-corrected chi connectivity index (χ3v) is 8.47. The Kier molecular flexibility index (Phi) is 7.82. The van der Waals surface area contributed by atoms with Crippen molar-refractivity contribution in [1.29, 1.82) is 10.5 Å². The molecule has 0 spiro atoms. The van der Waals surface area contributed by atoms with E-state index in [9.17, 15) is 9.65 Å². The number of ether oxygens (including phenoxy) is 2. The zero-order valence-electron chi connectivity index (χ0n) is 23.9. The molecular weight excluding hydrogens is 529 g/mol. The minimum Gasteiger partial charge on any atom is -0.490 e. The number of nitriles is 2. The fourth-order valence-electron chi connectivity index (χ4n) is 5.76. The lowest BCUT2D eigenvalue weighted by Crippen LogP contribution is -2.38. The van der Waals surface area contributed by atoms with Gasteiger partial charge in [-0.15, -0.1) is 0 Å². The van der Waals surface area contributed by atoms with E-state index >= 15 is 0 Å². The number of hydrogen-bond donors (Lipinski definition) is 0. The van der Waals surface area contributed by atoms with Crippen LogP contribution in [-0.2, 0) is 19.7 Å². The maximum atomic E-state index is 14.2. The average molecular weight is 564 g/mol. The van der Waals surface area contributed by atoms with E-state index in [0.29, 0.717) is 17.7 Å². The van der Waals surface area contributed by atoms with Crippen LogP contribution in [0.15, 0.2) is 60.7 Å². The van der Waals surface area contributed by atoms with Crippen LogP contribution in [0.4, 0.5) is 4.39 Å². The minimum atomic E-state index is -0.451. The van der Waals surface area contributed by atoms with E-state index in [4.69, 9.17) is 19.7 Å². The number of nitrogens with zero attached hydrogens (tertiary/aromatic N) is 5. The van der Waals surface area contributed by atoms with E-state index in [1.54, 1.807) is 12.1 Å². The number of benzene rings is 3. The third kappa shape index (κ3) is 6.25. The molecule has 1 aliphatic heterocycles. The third-order valence-electron chi connectivity index (χ3n) is 8.47. The number of hydrogen-bond acceptors (Lipinski definition) is 6. The van der Waals surface area contributed by atoms with Crippen molar-refractivity contribution in [3.05, 3.63) is 89.0 Å². The van der Waals surface area contributed by atoms with Crippen molar-refractivity contribution in [2.75, 3.05) is 13.1 Å². The summed E-state index contributed by atoms with van der Waals surface area (Å²) >= 11 is 0. The lowest BCUT2D eigenvalue weighted by Gasteiger charge is -2.32. The molecule has 0 amide bonds. The Labute approximate surface area is 245 Å². The summed E-state index contributed by atoms with van der Waals surface area (Å²) < 4.78 is 28.7. The first-order valence-electron chi connectivity index (χ1n) is 14.6. The molecular formula is C34H34FN5O2. The molecule has 6 rings (SSSR count). The first-order valence-corrected chi connectivity index (χ1v) is 14.6. The van der Waals surface area contributed by atoms with Crippen LogP contribution in [0, 0.1) is 40.8 Å². The minimum absolute atomic E-state index is 0.0708. The summed E-state index contributed by atoms with van der Waals surface area (Å²) in [4.78, 5) is 7.47. The Morgan fingerprint density at radius 3 is 2.57 bits per heavy atom. The summed E-state index contributed by atoms with van der Waals surface area (Å²) in [5, 5.41) is 18.3. The highest BCUT2D eigenvalue weighted by Gasteiger charge is 2.43. The molecule has 8 heteroatoms. The fourth-order valence-corrected chi connectivity index (χ4v) is 5.76. The quantitative estimate of drug-likeness (QED) is 0.214. The first-order chi connectivity index (χ1) is 20.4. The van der Waals surface area contributed by atoms with Gasteiger partial charge in [-0.05, 0) is 74.6 Å². The first kappa shape index (κ1) is 27.8. The van der Waals surface area contributed by atoms with Crippen LogP contribution in [0.1, 0.15) is 54.6 Å². The van der Waals surface area contributed by atoms with Crippen LogP contribution >= 0.6 is 0 Å². The predicted octanol–water partition coefficient (Wildman–Crippen LogP) is 6.67. The maximum absolute atomic E-state index is 14.2. The monoisotopic (exact) mass is 563 g/mol. The molecule has 4 aromatic rings. The molecule has 42 heavy (non-hydrogen) atoms. The van der Waals surface area contributed by atoms with Crippen molar-refractivity contribution < 1.29 is 13.9 Å². The van der Waals surface area contributed by atoms with Gasteiger partial charge in [0.15, 0.2) is 0 Å². The van der Waals surface area contributed by atoms with Gasteiger partial charge in [-0.25, -0.2) is 9.37 Å². The smallest absolute Gasteiger partial charge is 0.131 e. The summed E-state index contributed by atoms with van der Waals surface area (Å²) in [7, 11) is 0. The van der Waals surface area contributed by atoms with E-state index in [1.165, 1.54) is 11.6 Å². The van der Waals surface area contributed by atoms with Crippen molar-refractivity contribution in [3.63, 3.8) is 0 Å². The van der Waals surface area contributed by atoms with Crippen molar-refractivity contribution in [2.45, 2.75) is 64.8 Å². The summed E-state index contributed by atoms with van der Waals surface area (Å²) in [5.41, 5.74) is 4.18. The number of imidazole rings is 1. The number of aromatic nitrogens is 2. The van der Waals surface area contributed by atoms with Crippen molar-refractivity contribution >= 4 is 11.0 Å². The predicted molar refractivity (Wildman–Crippen MR) is 157 cm³/mol. The van der Waals surface area contributed by atoms with Gasteiger partial charge in [0, 0.05) is 43.1 Å². The Balaban J connectivity index is 1.06. The Morgan fingerprint density at radius 2 is 1.83 bits per heavy atom. The lowest BCUT2D eigenvalue weighted by molar-refractivity contribution is 0.0943. The number of halogens is 1. The van der Waals surface area contributed by atoms with Gasteiger partial charge in [0.05, 0.1) is 35.3 Å². The topological polar surface area (TPSA) is 87.1 Å². The van der Waals surface area contributed by atoms with Gasteiger partial charge in [-0.2, -0.15) is 10.5 Å². The largest absolute Gasteiger partial charge is 0.490 e. The number of aryl methyl sites for hydroxylation is 1. The second-order valence-corrected chi connectivity index (χ2v) is 11.7. The second kappa shape index (κ2) is 11.8. The molecule has 2 fully saturated rings. The fraction of sp³-hybridized carbons (Fsp3) is 0.382. The van der Waals surface area contributed by atoms with Gasteiger partial charge in [0.25, 0.3) is 0 Å². The molecule has 0 radical (unpaired) electrons. The van der Waals surface area contributed by atoms with E-state index in [1.807, 2.05) is 30.3 Å². The summed E-state index contributed by atoms with van der Waals surface area (Å²) in [5.74, 6) is 1.96. The molecule has 0 atom stereocenters. The van der Waals surface area contributed by atoms with Crippen molar-refractivity contribution in [1.82, 2.24) is 14.5 Å². The molecule has 1 aromatic heterocycles. The summed E-state index contributed by atoms with van der Waals surface area (Å²) in [6.07, 6.45) is 4.70. The lowest BCUT2D eigenvalue weighted by atomic mass is 10.0. The number of piperidine rings is 1. The Bertz CT molecular complexity index is 1670. The highest BCUT2D eigenvalue weighted by Crippen LogP contribution is 2.50.